The molecule has 0 radical (unpaired) electrons. The molecular formula is C14H19NO2. The van der Waals surface area contributed by atoms with Crippen molar-refractivity contribution >= 4 is 5.69 Å². The van der Waals surface area contributed by atoms with Gasteiger partial charge in [0.2, 0.25) is 0 Å². The SMILES string of the molecule is CNc1c2c(c(C)c3c1OCCC3)OCCC2. The maximum Gasteiger partial charge on any atom is 0.146 e. The Kier molecular flexibility index (Phi) is 2.61. The molecule has 1 N–H and O–H groups in total. The van der Waals surface area contributed by atoms with Crippen LogP contribution in [-0.4, -0.2) is 20.3 Å². The molecule has 0 atom stereocenters. The monoisotopic (exact) mass is 233 g/mol. The summed E-state index contributed by atoms with van der Waals surface area (Å²) in [4.78, 5) is 0. The molecule has 0 fully saturated rings. The molecular weight excluding hydrogens is 214 g/mol. The molecule has 3 nitrogen and oxygen atoms in total. The van der Waals surface area contributed by atoms with Crippen LogP contribution in [-0.2, 0) is 12.8 Å². The van der Waals surface area contributed by atoms with Crippen molar-refractivity contribution in [1.29, 1.82) is 0 Å². The van der Waals surface area contributed by atoms with Gasteiger partial charge in [0.05, 0.1) is 18.9 Å². The molecule has 0 spiro atoms. The van der Waals surface area contributed by atoms with Crippen molar-refractivity contribution in [3.8, 4) is 11.5 Å². The van der Waals surface area contributed by atoms with E-state index in [2.05, 4.69) is 12.2 Å². The van der Waals surface area contributed by atoms with Gasteiger partial charge in [-0.2, -0.15) is 0 Å². The molecule has 2 aliphatic rings. The van der Waals surface area contributed by atoms with E-state index in [1.807, 2.05) is 7.05 Å². The number of nitrogens with one attached hydrogen (secondary N) is 1. The van der Waals surface area contributed by atoms with Crippen molar-refractivity contribution < 1.29 is 9.47 Å². The number of anilines is 1. The standard InChI is InChI=1S/C14H19NO2/c1-9-10-5-3-8-17-14(10)12(15-2)11-6-4-7-16-13(9)11/h15H,3-8H2,1-2H3. The zero-order valence-electron chi connectivity index (χ0n) is 10.6. The highest BCUT2D eigenvalue weighted by atomic mass is 16.5. The second kappa shape index (κ2) is 4.13. The Hall–Kier alpha value is -1.38. The Morgan fingerprint density at radius 1 is 0.941 bits per heavy atom. The Morgan fingerprint density at radius 3 is 2.29 bits per heavy atom. The van der Waals surface area contributed by atoms with Gasteiger partial charge in [-0.25, -0.2) is 0 Å². The number of fused-ring (bicyclic) bond motifs is 2. The largest absolute Gasteiger partial charge is 0.493 e. The average Bonchev–Trinajstić information content (AvgIpc) is 2.40. The lowest BCUT2D eigenvalue weighted by Crippen LogP contribution is -2.18. The lowest BCUT2D eigenvalue weighted by molar-refractivity contribution is 0.272. The second-order valence-electron chi connectivity index (χ2n) is 4.77. The van der Waals surface area contributed by atoms with Crippen LogP contribution in [0.15, 0.2) is 0 Å². The van der Waals surface area contributed by atoms with Crippen LogP contribution >= 0.6 is 0 Å². The van der Waals surface area contributed by atoms with Crippen LogP contribution in [0, 0.1) is 6.92 Å². The maximum absolute atomic E-state index is 5.87. The molecule has 0 aromatic heterocycles. The highest BCUT2D eigenvalue weighted by Gasteiger charge is 2.26. The molecule has 0 amide bonds. The van der Waals surface area contributed by atoms with Crippen molar-refractivity contribution in [2.45, 2.75) is 32.6 Å². The highest BCUT2D eigenvalue weighted by Crippen LogP contribution is 2.46. The summed E-state index contributed by atoms with van der Waals surface area (Å²) in [5.74, 6) is 2.17. The van der Waals surface area contributed by atoms with Crippen molar-refractivity contribution in [2.75, 3.05) is 25.6 Å². The van der Waals surface area contributed by atoms with Gasteiger partial charge in [0.1, 0.15) is 11.5 Å². The normalized spacial score (nSPS) is 17.5. The quantitative estimate of drug-likeness (QED) is 0.809. The third-order valence-corrected chi connectivity index (χ3v) is 3.76. The fourth-order valence-corrected chi connectivity index (χ4v) is 2.94. The van der Waals surface area contributed by atoms with Gasteiger partial charge < -0.3 is 14.8 Å². The summed E-state index contributed by atoms with van der Waals surface area (Å²) in [5, 5.41) is 3.31. The minimum atomic E-state index is 0.834. The molecule has 0 aliphatic carbocycles. The summed E-state index contributed by atoms with van der Waals surface area (Å²) in [7, 11) is 1.97. The first-order valence-electron chi connectivity index (χ1n) is 6.44. The van der Waals surface area contributed by atoms with E-state index in [1.165, 1.54) is 16.7 Å². The molecule has 0 bridgehead atoms. The summed E-state index contributed by atoms with van der Waals surface area (Å²) < 4.78 is 11.7. The molecule has 3 rings (SSSR count). The van der Waals surface area contributed by atoms with E-state index in [0.717, 1.165) is 56.1 Å². The van der Waals surface area contributed by atoms with Gasteiger partial charge in [-0.05, 0) is 38.2 Å². The van der Waals surface area contributed by atoms with Gasteiger partial charge in [-0.15, -0.1) is 0 Å². The van der Waals surface area contributed by atoms with E-state index in [4.69, 9.17) is 9.47 Å². The van der Waals surface area contributed by atoms with Gasteiger partial charge in [0, 0.05) is 18.2 Å². The van der Waals surface area contributed by atoms with E-state index in [-0.39, 0.29) is 0 Å². The van der Waals surface area contributed by atoms with E-state index < -0.39 is 0 Å². The van der Waals surface area contributed by atoms with Crippen LogP contribution in [0.5, 0.6) is 11.5 Å². The molecule has 2 heterocycles. The Morgan fingerprint density at radius 2 is 1.59 bits per heavy atom. The first kappa shape index (κ1) is 10.8. The van der Waals surface area contributed by atoms with Crippen LogP contribution < -0.4 is 14.8 Å². The van der Waals surface area contributed by atoms with Crippen LogP contribution in [0.4, 0.5) is 5.69 Å². The molecule has 2 aliphatic heterocycles. The summed E-state index contributed by atoms with van der Waals surface area (Å²) in [6.45, 7) is 3.84. The number of benzene rings is 1. The average molecular weight is 233 g/mol. The first-order valence-corrected chi connectivity index (χ1v) is 6.44. The maximum atomic E-state index is 5.87. The van der Waals surface area contributed by atoms with Crippen molar-refractivity contribution in [3.63, 3.8) is 0 Å². The van der Waals surface area contributed by atoms with Gasteiger partial charge in [-0.3, -0.25) is 0 Å². The minimum absolute atomic E-state index is 0.834. The Balaban J connectivity index is 2.25. The molecule has 1 aromatic carbocycles. The zero-order chi connectivity index (χ0) is 11.8. The topological polar surface area (TPSA) is 30.5 Å². The molecule has 1 aromatic rings. The lowest BCUT2D eigenvalue weighted by atomic mass is 9.92. The van der Waals surface area contributed by atoms with Crippen molar-refractivity contribution in [3.05, 3.63) is 16.7 Å². The number of hydrogen-bond donors (Lipinski definition) is 1. The molecule has 17 heavy (non-hydrogen) atoms. The summed E-state index contributed by atoms with van der Waals surface area (Å²) in [6.07, 6.45) is 4.39. The number of ether oxygens (including phenoxy) is 2. The first-order chi connectivity index (χ1) is 8.33. The highest BCUT2D eigenvalue weighted by molar-refractivity contribution is 5.73. The van der Waals surface area contributed by atoms with Gasteiger partial charge in [0.25, 0.3) is 0 Å². The molecule has 92 valence electrons. The third kappa shape index (κ3) is 1.56. The summed E-state index contributed by atoms with van der Waals surface area (Å²) in [6, 6.07) is 0. The second-order valence-corrected chi connectivity index (χ2v) is 4.77. The molecule has 0 saturated heterocycles. The molecule has 3 heteroatoms. The predicted molar refractivity (Wildman–Crippen MR) is 68.4 cm³/mol. The van der Waals surface area contributed by atoms with Gasteiger partial charge in [0.15, 0.2) is 0 Å². The van der Waals surface area contributed by atoms with E-state index in [1.54, 1.807) is 0 Å². The van der Waals surface area contributed by atoms with Crippen molar-refractivity contribution in [2.24, 2.45) is 0 Å². The fraction of sp³-hybridized carbons (Fsp3) is 0.571. The van der Waals surface area contributed by atoms with Crippen LogP contribution in [0.3, 0.4) is 0 Å². The number of hydrogen-bond acceptors (Lipinski definition) is 3. The minimum Gasteiger partial charge on any atom is -0.493 e. The lowest BCUT2D eigenvalue weighted by Gasteiger charge is -2.29. The molecule has 0 saturated carbocycles. The van der Waals surface area contributed by atoms with E-state index in [0.29, 0.717) is 0 Å². The summed E-state index contributed by atoms with van der Waals surface area (Å²) >= 11 is 0. The molecule has 0 unspecified atom stereocenters. The van der Waals surface area contributed by atoms with Crippen LogP contribution in [0.25, 0.3) is 0 Å². The predicted octanol–water partition coefficient (Wildman–Crippen LogP) is 2.69. The zero-order valence-corrected chi connectivity index (χ0v) is 10.6. The number of rotatable bonds is 1. The van der Waals surface area contributed by atoms with E-state index >= 15 is 0 Å². The summed E-state index contributed by atoms with van der Waals surface area (Å²) in [5.41, 5.74) is 5.08. The Labute approximate surface area is 102 Å². The van der Waals surface area contributed by atoms with Gasteiger partial charge >= 0.3 is 0 Å². The Bertz CT molecular complexity index is 417. The fourth-order valence-electron chi connectivity index (χ4n) is 2.94. The third-order valence-electron chi connectivity index (χ3n) is 3.76. The van der Waals surface area contributed by atoms with E-state index in [9.17, 15) is 0 Å². The van der Waals surface area contributed by atoms with Crippen LogP contribution in [0.2, 0.25) is 0 Å². The smallest absolute Gasteiger partial charge is 0.146 e. The van der Waals surface area contributed by atoms with Crippen LogP contribution in [0.1, 0.15) is 29.5 Å². The van der Waals surface area contributed by atoms with Crippen molar-refractivity contribution in [1.82, 2.24) is 0 Å². The van der Waals surface area contributed by atoms with Gasteiger partial charge in [-0.1, -0.05) is 0 Å².